The molecule has 0 N–H and O–H groups in total. The Kier molecular flexibility index (Phi) is 18.6. The van der Waals surface area contributed by atoms with Gasteiger partial charge in [-0.2, -0.15) is 0 Å². The normalized spacial score (nSPS) is 12.2. The predicted molar refractivity (Wildman–Crippen MR) is 117 cm³/mol. The summed E-state index contributed by atoms with van der Waals surface area (Å²) in [6, 6.07) is 0. The monoisotopic (exact) mass is 462 g/mol. The molecule has 25 heavy (non-hydrogen) atoms. The average Bonchev–Trinajstić information content (AvgIpc) is 2.65. The van der Waals surface area contributed by atoms with E-state index in [-0.39, 0.29) is 0 Å². The molecule has 0 aliphatic carbocycles. The molecule has 0 aromatic heterocycles. The van der Waals surface area contributed by atoms with Crippen molar-refractivity contribution in [2.75, 3.05) is 58.9 Å². The summed E-state index contributed by atoms with van der Waals surface area (Å²) in [6.07, 6.45) is 4.40. The van der Waals surface area contributed by atoms with Crippen molar-refractivity contribution in [1.82, 2.24) is 14.7 Å². The van der Waals surface area contributed by atoms with Crippen LogP contribution in [-0.2, 0) is 0 Å². The van der Waals surface area contributed by atoms with Gasteiger partial charge in [0.25, 0.3) is 0 Å². The third kappa shape index (κ3) is 13.5. The molecule has 0 amide bonds. The molecule has 0 saturated carbocycles. The Morgan fingerprint density at radius 2 is 0.680 bits per heavy atom. The summed E-state index contributed by atoms with van der Waals surface area (Å²) in [5, 5.41) is 0. The SMILES string of the molecule is CCN(CC)CC[CH2][Sn]([CH2]CCN(CC)CC)[CH2]CCN(CC)CC. The van der Waals surface area contributed by atoms with E-state index in [1.165, 1.54) is 78.2 Å². The molecule has 0 unspecified atom stereocenters. The van der Waals surface area contributed by atoms with Crippen LogP contribution in [0.4, 0.5) is 0 Å². The van der Waals surface area contributed by atoms with Crippen LogP contribution in [-0.4, -0.2) is 93.4 Å². The second-order valence-corrected chi connectivity index (χ2v) is 15.7. The maximum atomic E-state index is 2.60. The van der Waals surface area contributed by atoms with Crippen molar-refractivity contribution >= 4 is 19.8 Å². The quantitative estimate of drug-likeness (QED) is 0.275. The van der Waals surface area contributed by atoms with E-state index in [1.54, 1.807) is 13.3 Å². The van der Waals surface area contributed by atoms with Crippen molar-refractivity contribution < 1.29 is 0 Å². The Balaban J connectivity index is 4.24. The molecular formula is C21H48N3Sn. The van der Waals surface area contributed by atoms with E-state index < -0.39 is 19.8 Å². The van der Waals surface area contributed by atoms with Crippen LogP contribution in [0.1, 0.15) is 60.8 Å². The minimum atomic E-state index is -1.18. The fraction of sp³-hybridized carbons (Fsp3) is 1.00. The van der Waals surface area contributed by atoms with Gasteiger partial charge in [-0.05, 0) is 0 Å². The molecule has 0 aliphatic heterocycles. The molecule has 0 heterocycles. The Labute approximate surface area is 167 Å². The fourth-order valence-electron chi connectivity index (χ4n) is 3.65. The van der Waals surface area contributed by atoms with Gasteiger partial charge >= 0.3 is 167 Å². The molecule has 0 aromatic rings. The van der Waals surface area contributed by atoms with Crippen LogP contribution in [0.2, 0.25) is 13.3 Å². The summed E-state index contributed by atoms with van der Waals surface area (Å²) in [4.78, 5) is 7.81. The Hall–Kier alpha value is 0.679. The van der Waals surface area contributed by atoms with Gasteiger partial charge in [0, 0.05) is 0 Å². The van der Waals surface area contributed by atoms with E-state index >= 15 is 0 Å². The van der Waals surface area contributed by atoms with Gasteiger partial charge in [-0.3, -0.25) is 0 Å². The summed E-state index contributed by atoms with van der Waals surface area (Å²) < 4.78 is 4.86. The molecule has 151 valence electrons. The van der Waals surface area contributed by atoms with Crippen LogP contribution < -0.4 is 0 Å². The van der Waals surface area contributed by atoms with Crippen LogP contribution >= 0.6 is 0 Å². The third-order valence-electron chi connectivity index (χ3n) is 5.70. The van der Waals surface area contributed by atoms with Crippen LogP contribution in [0.25, 0.3) is 0 Å². The molecule has 0 rings (SSSR count). The Morgan fingerprint density at radius 3 is 0.880 bits per heavy atom. The van der Waals surface area contributed by atoms with E-state index in [9.17, 15) is 0 Å². The maximum absolute atomic E-state index is 2.60. The zero-order valence-corrected chi connectivity index (χ0v) is 21.3. The van der Waals surface area contributed by atoms with Crippen LogP contribution in [0, 0.1) is 0 Å². The topological polar surface area (TPSA) is 9.72 Å². The minimum absolute atomic E-state index is 1.18. The number of nitrogens with zero attached hydrogens (tertiary/aromatic N) is 3. The van der Waals surface area contributed by atoms with E-state index in [4.69, 9.17) is 0 Å². The van der Waals surface area contributed by atoms with Gasteiger partial charge in [-0.15, -0.1) is 0 Å². The fourth-order valence-corrected chi connectivity index (χ4v) is 11.4. The van der Waals surface area contributed by atoms with E-state index in [1.807, 2.05) is 0 Å². The molecule has 0 fully saturated rings. The zero-order valence-electron chi connectivity index (χ0n) is 18.4. The molecule has 0 atom stereocenters. The molecule has 3 nitrogen and oxygen atoms in total. The van der Waals surface area contributed by atoms with E-state index in [2.05, 4.69) is 56.2 Å². The van der Waals surface area contributed by atoms with Crippen molar-refractivity contribution in [2.24, 2.45) is 0 Å². The predicted octanol–water partition coefficient (Wildman–Crippen LogP) is 4.68. The number of rotatable bonds is 18. The van der Waals surface area contributed by atoms with Gasteiger partial charge in [0.05, 0.1) is 0 Å². The standard InChI is InChI=1S/3C7H16N.Sn/c3*1-4-7-8(5-2)6-3;/h3*1,4-7H2,2-3H3;. The molecular weight excluding hydrogens is 413 g/mol. The Morgan fingerprint density at radius 1 is 0.440 bits per heavy atom. The second kappa shape index (κ2) is 18.1. The molecule has 0 aliphatic rings. The van der Waals surface area contributed by atoms with Gasteiger partial charge in [-0.1, -0.05) is 0 Å². The van der Waals surface area contributed by atoms with Crippen molar-refractivity contribution in [1.29, 1.82) is 0 Å². The summed E-state index contributed by atoms with van der Waals surface area (Å²) in [5.74, 6) is 0. The van der Waals surface area contributed by atoms with Gasteiger partial charge in [-0.25, -0.2) is 0 Å². The van der Waals surface area contributed by atoms with Crippen LogP contribution in [0.5, 0.6) is 0 Å². The summed E-state index contributed by atoms with van der Waals surface area (Å²) >= 11 is -1.18. The first-order valence-corrected chi connectivity index (χ1v) is 17.2. The molecule has 0 aromatic carbocycles. The first-order valence-electron chi connectivity index (χ1n) is 11.1. The Bertz CT molecular complexity index is 221. The van der Waals surface area contributed by atoms with E-state index in [0.717, 1.165) is 0 Å². The number of hydrogen-bond acceptors (Lipinski definition) is 3. The first-order chi connectivity index (χ1) is 12.1. The molecule has 0 saturated heterocycles. The van der Waals surface area contributed by atoms with Crippen molar-refractivity contribution in [3.63, 3.8) is 0 Å². The van der Waals surface area contributed by atoms with Crippen molar-refractivity contribution in [2.45, 2.75) is 74.1 Å². The second-order valence-electron chi connectivity index (χ2n) is 7.14. The van der Waals surface area contributed by atoms with Crippen LogP contribution in [0.3, 0.4) is 0 Å². The summed E-state index contributed by atoms with van der Waals surface area (Å²) in [7, 11) is 0. The van der Waals surface area contributed by atoms with Gasteiger partial charge in [0.2, 0.25) is 0 Å². The molecule has 0 spiro atoms. The molecule has 1 radical (unpaired) electrons. The van der Waals surface area contributed by atoms with Gasteiger partial charge in [0.1, 0.15) is 0 Å². The third-order valence-corrected chi connectivity index (χ3v) is 14.8. The van der Waals surface area contributed by atoms with Gasteiger partial charge < -0.3 is 0 Å². The number of hydrogen-bond donors (Lipinski definition) is 0. The average molecular weight is 461 g/mol. The zero-order chi connectivity index (χ0) is 18.9. The van der Waals surface area contributed by atoms with E-state index in [0.29, 0.717) is 0 Å². The first kappa shape index (κ1) is 25.7. The van der Waals surface area contributed by atoms with Gasteiger partial charge in [0.15, 0.2) is 0 Å². The summed E-state index contributed by atoms with van der Waals surface area (Å²) in [6.45, 7) is 25.2. The van der Waals surface area contributed by atoms with Crippen LogP contribution in [0.15, 0.2) is 0 Å². The molecule has 4 heteroatoms. The van der Waals surface area contributed by atoms with Crippen molar-refractivity contribution in [3.05, 3.63) is 0 Å². The summed E-state index contributed by atoms with van der Waals surface area (Å²) in [5.41, 5.74) is 0. The molecule has 0 bridgehead atoms. The van der Waals surface area contributed by atoms with Crippen molar-refractivity contribution in [3.8, 4) is 0 Å².